The first-order chi connectivity index (χ1) is 22.8. The number of hydrogen-bond acceptors (Lipinski definition) is 5. The van der Waals surface area contributed by atoms with Crippen molar-refractivity contribution in [2.75, 3.05) is 4.90 Å². The molecule has 1 aliphatic carbocycles. The Morgan fingerprint density at radius 3 is 2.41 bits per heavy atom. The first kappa shape index (κ1) is 25.7. The van der Waals surface area contributed by atoms with E-state index in [-0.39, 0.29) is 12.0 Å². The Balaban J connectivity index is 1.12. The van der Waals surface area contributed by atoms with Crippen LogP contribution in [-0.2, 0) is 0 Å². The summed E-state index contributed by atoms with van der Waals surface area (Å²) < 4.78 is 15.2. The van der Waals surface area contributed by atoms with Crippen molar-refractivity contribution in [2.24, 2.45) is 0 Å². The third-order valence-corrected chi connectivity index (χ3v) is 10.5. The van der Waals surface area contributed by atoms with Crippen LogP contribution in [0.15, 0.2) is 150 Å². The maximum atomic E-state index is 6.31. The van der Waals surface area contributed by atoms with Gasteiger partial charge in [0.15, 0.2) is 5.58 Å². The van der Waals surface area contributed by atoms with Gasteiger partial charge in [-0.05, 0) is 72.3 Å². The molecule has 10 rings (SSSR count). The lowest BCUT2D eigenvalue weighted by Gasteiger charge is -2.26. The van der Waals surface area contributed by atoms with Crippen LogP contribution in [0.4, 0.5) is 17.1 Å². The van der Waals surface area contributed by atoms with E-state index in [0.29, 0.717) is 0 Å². The average Bonchev–Trinajstić information content (AvgIpc) is 3.80. The third kappa shape index (κ3) is 3.88. The van der Waals surface area contributed by atoms with Gasteiger partial charge in [-0.3, -0.25) is 4.98 Å². The molecule has 2 aliphatic rings. The second-order valence-corrected chi connectivity index (χ2v) is 13.0. The van der Waals surface area contributed by atoms with Crippen LogP contribution in [0.2, 0.25) is 0 Å². The number of anilines is 3. The van der Waals surface area contributed by atoms with Crippen molar-refractivity contribution in [3.63, 3.8) is 0 Å². The number of benzene rings is 5. The van der Waals surface area contributed by atoms with E-state index in [1.54, 1.807) is 6.20 Å². The third-order valence-electron chi connectivity index (χ3n) is 9.31. The number of ether oxygens (including phenoxy) is 1. The summed E-state index contributed by atoms with van der Waals surface area (Å²) in [5, 5.41) is 4.74. The van der Waals surface area contributed by atoms with Crippen LogP contribution in [0.3, 0.4) is 0 Å². The number of rotatable bonds is 4. The number of para-hydroxylation sites is 1. The molecule has 0 saturated heterocycles. The fourth-order valence-electron chi connectivity index (χ4n) is 7.14. The molecule has 4 heterocycles. The van der Waals surface area contributed by atoms with Crippen molar-refractivity contribution < 1.29 is 9.15 Å². The van der Waals surface area contributed by atoms with E-state index in [1.165, 1.54) is 25.7 Å². The summed E-state index contributed by atoms with van der Waals surface area (Å²) >= 11 is 1.84. The summed E-state index contributed by atoms with van der Waals surface area (Å²) in [4.78, 5) is 6.62. The van der Waals surface area contributed by atoms with E-state index in [9.17, 15) is 0 Å². The van der Waals surface area contributed by atoms with E-state index in [2.05, 4.69) is 137 Å². The molecule has 4 nitrogen and oxygen atoms in total. The number of furan rings is 1. The molecule has 0 fully saturated rings. The SMILES string of the molecule is C1=CC2Oc3ccc(N(c4ccc(-c5cccc6c5oc5cnccc56)cc4)c4ccc5sc6ccccc6c5c4)cc3C2C=C1. The average molecular weight is 611 g/mol. The molecular weight excluding hydrogens is 585 g/mol. The van der Waals surface area contributed by atoms with Gasteiger partial charge in [-0.2, -0.15) is 0 Å². The molecule has 1 aliphatic heterocycles. The minimum Gasteiger partial charge on any atom is -0.485 e. The van der Waals surface area contributed by atoms with Gasteiger partial charge in [-0.15, -0.1) is 11.3 Å². The van der Waals surface area contributed by atoms with Gasteiger partial charge in [-0.1, -0.05) is 66.8 Å². The summed E-state index contributed by atoms with van der Waals surface area (Å²) in [6.07, 6.45) is 12.2. The topological polar surface area (TPSA) is 38.5 Å². The van der Waals surface area contributed by atoms with Crippen molar-refractivity contribution in [3.8, 4) is 16.9 Å². The number of aromatic nitrogens is 1. The highest BCUT2D eigenvalue weighted by Crippen LogP contribution is 2.46. The number of hydrogen-bond donors (Lipinski definition) is 0. The summed E-state index contributed by atoms with van der Waals surface area (Å²) in [6.45, 7) is 0. The van der Waals surface area contributed by atoms with E-state index in [4.69, 9.17) is 9.15 Å². The number of fused-ring (bicyclic) bond motifs is 9. The Morgan fingerprint density at radius 1 is 0.652 bits per heavy atom. The Morgan fingerprint density at radius 2 is 1.46 bits per heavy atom. The van der Waals surface area contributed by atoms with Crippen LogP contribution in [-0.4, -0.2) is 11.1 Å². The highest BCUT2D eigenvalue weighted by Gasteiger charge is 2.32. The van der Waals surface area contributed by atoms with E-state index >= 15 is 0 Å². The maximum Gasteiger partial charge on any atom is 0.153 e. The van der Waals surface area contributed by atoms with Crippen LogP contribution in [0, 0.1) is 0 Å². The van der Waals surface area contributed by atoms with Crippen molar-refractivity contribution in [1.82, 2.24) is 4.98 Å². The smallest absolute Gasteiger partial charge is 0.153 e. The zero-order chi connectivity index (χ0) is 30.2. The molecule has 0 amide bonds. The first-order valence-electron chi connectivity index (χ1n) is 15.5. The molecule has 5 aromatic carbocycles. The number of allylic oxidation sites excluding steroid dienone is 2. The van der Waals surface area contributed by atoms with Crippen molar-refractivity contribution in [2.45, 2.75) is 12.0 Å². The lowest BCUT2D eigenvalue weighted by Crippen LogP contribution is -2.15. The van der Waals surface area contributed by atoms with Crippen molar-refractivity contribution in [1.29, 1.82) is 0 Å². The van der Waals surface area contributed by atoms with Gasteiger partial charge in [0.1, 0.15) is 17.4 Å². The minimum absolute atomic E-state index is 0.0493. The fourth-order valence-corrected chi connectivity index (χ4v) is 8.23. The van der Waals surface area contributed by atoms with Gasteiger partial charge in [0.05, 0.1) is 6.20 Å². The Kier molecular flexibility index (Phi) is 5.54. The standard InChI is InChI=1S/C41H26N2O2S/c1-3-10-36-30(6-1)34-22-27(16-18-37(34)44-36)43(28-17-19-40-35(23-28)32-7-2-4-11-39(32)46-40)26-14-12-25(13-15-26)29-8-5-9-33-31-20-21-42-24-38(31)45-41(29)33/h1-24,30,36H. The van der Waals surface area contributed by atoms with E-state index in [0.717, 1.165) is 55.9 Å². The molecular formula is C41H26N2O2S. The largest absolute Gasteiger partial charge is 0.485 e. The number of pyridine rings is 1. The van der Waals surface area contributed by atoms with Crippen LogP contribution in [0.1, 0.15) is 11.5 Å². The second-order valence-electron chi connectivity index (χ2n) is 11.9. The van der Waals surface area contributed by atoms with Gasteiger partial charge >= 0.3 is 0 Å². The summed E-state index contributed by atoms with van der Waals surface area (Å²) in [6, 6.07) is 39.3. The lowest BCUT2D eigenvalue weighted by molar-refractivity contribution is 0.269. The molecule has 2 unspecified atom stereocenters. The van der Waals surface area contributed by atoms with Crippen LogP contribution in [0.5, 0.6) is 5.75 Å². The normalized spacial score (nSPS) is 16.7. The number of nitrogens with zero attached hydrogens (tertiary/aromatic N) is 2. The molecule has 46 heavy (non-hydrogen) atoms. The van der Waals surface area contributed by atoms with Gasteiger partial charge in [-0.25, -0.2) is 0 Å². The van der Waals surface area contributed by atoms with Crippen LogP contribution in [0.25, 0.3) is 53.2 Å². The van der Waals surface area contributed by atoms with Crippen LogP contribution >= 0.6 is 11.3 Å². The Bertz CT molecular complexity index is 2540. The first-order valence-corrected chi connectivity index (χ1v) is 16.3. The highest BCUT2D eigenvalue weighted by molar-refractivity contribution is 7.25. The quantitative estimate of drug-likeness (QED) is 0.199. The molecule has 8 aromatic rings. The molecule has 0 saturated carbocycles. The monoisotopic (exact) mass is 610 g/mol. The molecule has 0 spiro atoms. The number of thiophene rings is 1. The summed E-state index contributed by atoms with van der Waals surface area (Å²) in [5.74, 6) is 1.17. The van der Waals surface area contributed by atoms with E-state index < -0.39 is 0 Å². The highest BCUT2D eigenvalue weighted by atomic mass is 32.1. The zero-order valence-electron chi connectivity index (χ0n) is 24.6. The van der Waals surface area contributed by atoms with Crippen molar-refractivity contribution >= 4 is 70.5 Å². The molecule has 218 valence electrons. The van der Waals surface area contributed by atoms with Gasteiger partial charge < -0.3 is 14.1 Å². The second kappa shape index (κ2) is 9.93. The molecule has 0 N–H and O–H groups in total. The predicted octanol–water partition coefficient (Wildman–Crippen LogP) is 11.5. The van der Waals surface area contributed by atoms with Gasteiger partial charge in [0, 0.05) is 71.2 Å². The van der Waals surface area contributed by atoms with Gasteiger partial charge in [0.25, 0.3) is 0 Å². The molecule has 2 atom stereocenters. The summed E-state index contributed by atoms with van der Waals surface area (Å²) in [5.41, 5.74) is 8.37. The van der Waals surface area contributed by atoms with Crippen molar-refractivity contribution in [3.05, 3.63) is 151 Å². The Hall–Kier alpha value is -5.65. The Labute approximate surface area is 269 Å². The molecule has 0 bridgehead atoms. The zero-order valence-corrected chi connectivity index (χ0v) is 25.4. The fraction of sp³-hybridized carbons (Fsp3) is 0.0488. The molecule has 0 radical (unpaired) electrons. The molecule has 5 heteroatoms. The minimum atomic E-state index is 0.0493. The van der Waals surface area contributed by atoms with Crippen LogP contribution < -0.4 is 9.64 Å². The predicted molar refractivity (Wildman–Crippen MR) is 190 cm³/mol. The summed E-state index contributed by atoms with van der Waals surface area (Å²) in [7, 11) is 0. The van der Waals surface area contributed by atoms with Gasteiger partial charge in [0.2, 0.25) is 0 Å². The maximum absolute atomic E-state index is 6.31. The molecule has 3 aromatic heterocycles. The lowest BCUT2D eigenvalue weighted by atomic mass is 9.91. The van der Waals surface area contributed by atoms with E-state index in [1.807, 2.05) is 23.6 Å².